The molecule has 166 valence electrons. The summed E-state index contributed by atoms with van der Waals surface area (Å²) in [6.45, 7) is 8.85. The number of hydrogen-bond acceptors (Lipinski definition) is 4. The second-order valence-electron chi connectivity index (χ2n) is 10.4. The third-order valence-corrected chi connectivity index (χ3v) is 6.68. The molecule has 0 spiro atoms. The Morgan fingerprint density at radius 3 is 2.48 bits per heavy atom. The van der Waals surface area contributed by atoms with Gasteiger partial charge in [0, 0.05) is 24.2 Å². The van der Waals surface area contributed by atoms with E-state index in [0.29, 0.717) is 11.8 Å². The average molecular weight is 441 g/mol. The van der Waals surface area contributed by atoms with Gasteiger partial charge in [0.25, 0.3) is 0 Å². The quantitative estimate of drug-likeness (QED) is 0.612. The molecule has 0 bridgehead atoms. The van der Waals surface area contributed by atoms with Gasteiger partial charge in [-0.15, -0.1) is 0 Å². The number of pyridine rings is 2. The van der Waals surface area contributed by atoms with Gasteiger partial charge in [0.15, 0.2) is 11.2 Å². The molecule has 2 aromatic heterocycles. The lowest BCUT2D eigenvalue weighted by Crippen LogP contribution is -2.33. The molecule has 2 saturated carbocycles. The highest BCUT2D eigenvalue weighted by Crippen LogP contribution is 2.48. The minimum absolute atomic E-state index is 0. The molecule has 0 radical (unpaired) electrons. The number of rotatable bonds is 5. The van der Waals surface area contributed by atoms with Crippen molar-refractivity contribution < 1.29 is 9.53 Å². The van der Waals surface area contributed by atoms with Gasteiger partial charge in [-0.25, -0.2) is 4.98 Å². The highest BCUT2D eigenvalue weighted by molar-refractivity contribution is 7.59. The highest BCUT2D eigenvalue weighted by Gasteiger charge is 2.37. The van der Waals surface area contributed by atoms with E-state index in [4.69, 9.17) is 9.72 Å². The first kappa shape index (κ1) is 22.1. The Balaban J connectivity index is 0.00000231. The molecule has 1 aliphatic heterocycles. The standard InChI is InChI=1S/C25H30N2O3.H2S/c1-14(28)18-12-27-19(11-20(18)29)23-17(10-22(27)25(2,3)4)9-21(30-13-15-5-6-15)24(26-23)16-7-8-16;/h9,11-12,15-16,22H,5-8,10,13H2,1-4H3;1H2/t22-;/m0./s1. The first-order valence-electron chi connectivity index (χ1n) is 11.2. The van der Waals surface area contributed by atoms with E-state index in [1.165, 1.54) is 19.8 Å². The molecular weight excluding hydrogens is 408 g/mol. The highest BCUT2D eigenvalue weighted by atomic mass is 32.1. The predicted molar refractivity (Wildman–Crippen MR) is 127 cm³/mol. The summed E-state index contributed by atoms with van der Waals surface area (Å²) in [6.07, 6.45) is 7.38. The second kappa shape index (κ2) is 7.80. The van der Waals surface area contributed by atoms with Gasteiger partial charge >= 0.3 is 0 Å². The van der Waals surface area contributed by atoms with E-state index < -0.39 is 0 Å². The number of ether oxygens (including phenoxy) is 1. The number of hydrogen-bond donors (Lipinski definition) is 0. The smallest absolute Gasteiger partial charge is 0.193 e. The molecule has 0 aromatic carbocycles. The molecule has 2 fully saturated rings. The zero-order valence-corrected chi connectivity index (χ0v) is 19.8. The number of fused-ring (bicyclic) bond motifs is 3. The minimum Gasteiger partial charge on any atom is -0.491 e. The third-order valence-electron chi connectivity index (χ3n) is 6.68. The van der Waals surface area contributed by atoms with E-state index >= 15 is 0 Å². The second-order valence-corrected chi connectivity index (χ2v) is 10.4. The molecule has 3 aliphatic rings. The predicted octanol–water partition coefficient (Wildman–Crippen LogP) is 5.04. The molecular formula is C25H32N2O3S. The zero-order valence-electron chi connectivity index (χ0n) is 18.8. The Labute approximate surface area is 190 Å². The summed E-state index contributed by atoms with van der Waals surface area (Å²) in [5.41, 5.74) is 3.87. The Bertz CT molecular complexity index is 1090. The molecule has 1 atom stereocenters. The van der Waals surface area contributed by atoms with Gasteiger partial charge in [-0.05, 0) is 62.0 Å². The summed E-state index contributed by atoms with van der Waals surface area (Å²) >= 11 is 0. The first-order chi connectivity index (χ1) is 14.2. The van der Waals surface area contributed by atoms with Crippen LogP contribution in [0, 0.1) is 11.3 Å². The van der Waals surface area contributed by atoms with Gasteiger partial charge in [-0.2, -0.15) is 13.5 Å². The number of nitrogens with zero attached hydrogens (tertiary/aromatic N) is 2. The molecule has 0 saturated heterocycles. The van der Waals surface area contributed by atoms with Crippen molar-refractivity contribution in [1.82, 2.24) is 9.55 Å². The maximum Gasteiger partial charge on any atom is 0.193 e. The van der Waals surface area contributed by atoms with Crippen LogP contribution in [0.25, 0.3) is 11.4 Å². The van der Waals surface area contributed by atoms with Crippen molar-refractivity contribution in [3.8, 4) is 17.1 Å². The maximum absolute atomic E-state index is 12.7. The summed E-state index contributed by atoms with van der Waals surface area (Å²) in [6, 6.07) is 3.93. The van der Waals surface area contributed by atoms with Gasteiger partial charge in [-0.3, -0.25) is 9.59 Å². The van der Waals surface area contributed by atoms with Crippen LogP contribution in [0.4, 0.5) is 0 Å². The van der Waals surface area contributed by atoms with Crippen molar-refractivity contribution in [1.29, 1.82) is 0 Å². The van der Waals surface area contributed by atoms with Crippen LogP contribution < -0.4 is 10.2 Å². The number of carbonyl (C=O) groups excluding carboxylic acids is 1. The topological polar surface area (TPSA) is 61.2 Å². The fourth-order valence-electron chi connectivity index (χ4n) is 4.47. The van der Waals surface area contributed by atoms with Crippen molar-refractivity contribution in [3.05, 3.63) is 45.4 Å². The fraction of sp³-hybridized carbons (Fsp3) is 0.560. The van der Waals surface area contributed by atoms with Crippen molar-refractivity contribution in [2.45, 2.75) is 71.8 Å². The molecule has 0 N–H and O–H groups in total. The van der Waals surface area contributed by atoms with Crippen LogP contribution >= 0.6 is 13.5 Å². The van der Waals surface area contributed by atoms with Crippen molar-refractivity contribution in [3.63, 3.8) is 0 Å². The number of ketones is 1. The van der Waals surface area contributed by atoms with Crippen LogP contribution in [-0.4, -0.2) is 21.9 Å². The Morgan fingerprint density at radius 2 is 1.90 bits per heavy atom. The maximum atomic E-state index is 12.7. The van der Waals surface area contributed by atoms with E-state index in [-0.39, 0.29) is 41.7 Å². The largest absolute Gasteiger partial charge is 0.491 e. The molecule has 2 aliphatic carbocycles. The average Bonchev–Trinajstić information content (AvgIpc) is 3.57. The van der Waals surface area contributed by atoms with Crippen LogP contribution in [-0.2, 0) is 6.42 Å². The zero-order chi connectivity index (χ0) is 21.2. The summed E-state index contributed by atoms with van der Waals surface area (Å²) in [5.74, 6) is 1.90. The summed E-state index contributed by atoms with van der Waals surface area (Å²) < 4.78 is 8.36. The number of Topliss-reactive ketones (excluding diaryl/α,β-unsaturated/α-hetero) is 1. The lowest BCUT2D eigenvalue weighted by molar-refractivity contribution is 0.101. The van der Waals surface area contributed by atoms with Crippen molar-refractivity contribution >= 4 is 19.3 Å². The first-order valence-corrected chi connectivity index (χ1v) is 11.2. The lowest BCUT2D eigenvalue weighted by atomic mass is 9.79. The summed E-state index contributed by atoms with van der Waals surface area (Å²) in [4.78, 5) is 29.8. The lowest BCUT2D eigenvalue weighted by Gasteiger charge is -2.38. The van der Waals surface area contributed by atoms with Gasteiger partial charge < -0.3 is 9.30 Å². The number of aromatic nitrogens is 2. The molecule has 6 heteroatoms. The molecule has 2 aromatic rings. The molecule has 5 nitrogen and oxygen atoms in total. The van der Waals surface area contributed by atoms with E-state index in [0.717, 1.165) is 54.3 Å². The van der Waals surface area contributed by atoms with E-state index in [1.807, 2.05) is 0 Å². The normalized spacial score (nSPS) is 19.8. The third kappa shape index (κ3) is 4.19. The molecule has 3 heterocycles. The van der Waals surface area contributed by atoms with Gasteiger partial charge in [0.05, 0.1) is 29.3 Å². The Hall–Kier alpha value is -2.08. The fourth-order valence-corrected chi connectivity index (χ4v) is 4.47. The summed E-state index contributed by atoms with van der Waals surface area (Å²) in [5, 5.41) is 0. The van der Waals surface area contributed by atoms with Gasteiger partial charge in [0.1, 0.15) is 5.75 Å². The van der Waals surface area contributed by atoms with E-state index in [1.54, 1.807) is 12.3 Å². The number of carbonyl (C=O) groups is 1. The molecule has 5 rings (SSSR count). The van der Waals surface area contributed by atoms with Crippen LogP contribution in [0.2, 0.25) is 0 Å². The van der Waals surface area contributed by atoms with E-state index in [9.17, 15) is 9.59 Å². The van der Waals surface area contributed by atoms with Crippen LogP contribution in [0.15, 0.2) is 23.1 Å². The molecule has 0 unspecified atom stereocenters. The monoisotopic (exact) mass is 440 g/mol. The van der Waals surface area contributed by atoms with Crippen molar-refractivity contribution in [2.75, 3.05) is 6.61 Å². The van der Waals surface area contributed by atoms with Gasteiger partial charge in [-0.1, -0.05) is 20.8 Å². The van der Waals surface area contributed by atoms with Crippen molar-refractivity contribution in [2.24, 2.45) is 11.3 Å². The Morgan fingerprint density at radius 1 is 1.19 bits per heavy atom. The van der Waals surface area contributed by atoms with Gasteiger partial charge in [0.2, 0.25) is 0 Å². The summed E-state index contributed by atoms with van der Waals surface area (Å²) in [7, 11) is 0. The Kier molecular flexibility index (Phi) is 5.57. The van der Waals surface area contributed by atoms with Crippen LogP contribution in [0.3, 0.4) is 0 Å². The van der Waals surface area contributed by atoms with E-state index in [2.05, 4.69) is 31.4 Å². The van der Waals surface area contributed by atoms with Crippen LogP contribution in [0.5, 0.6) is 5.75 Å². The minimum atomic E-state index is -0.224. The molecule has 0 amide bonds. The van der Waals surface area contributed by atoms with Crippen LogP contribution in [0.1, 0.15) is 87.0 Å². The SMILES string of the molecule is CC(=O)c1cn2c(cc1=O)-c1nc(C3CC3)c(OCC3CC3)cc1C[C@H]2C(C)(C)C.S. The molecule has 31 heavy (non-hydrogen) atoms.